The van der Waals surface area contributed by atoms with Crippen molar-refractivity contribution in [3.05, 3.63) is 52.6 Å². The molecule has 0 fully saturated rings. The molecule has 0 saturated heterocycles. The van der Waals surface area contributed by atoms with Gasteiger partial charge in [-0.3, -0.25) is 19.7 Å². The Labute approximate surface area is 85.2 Å². The summed E-state index contributed by atoms with van der Waals surface area (Å²) < 4.78 is 0. The highest BCUT2D eigenvalue weighted by Gasteiger charge is 2.22. The van der Waals surface area contributed by atoms with Gasteiger partial charge in [0.15, 0.2) is 0 Å². The highest BCUT2D eigenvalue weighted by atomic mass is 16.6. The number of nitro groups is 1. The van der Waals surface area contributed by atoms with Crippen molar-refractivity contribution in [1.29, 1.82) is 0 Å². The van der Waals surface area contributed by atoms with Crippen LogP contribution in [-0.2, 0) is 4.79 Å². The molecule has 1 aromatic carbocycles. The monoisotopic (exact) mass is 205 g/mol. The molecule has 0 amide bonds. The van der Waals surface area contributed by atoms with Crippen molar-refractivity contribution >= 4 is 17.3 Å². The lowest BCUT2D eigenvalue weighted by Gasteiger charge is -1.98. The summed E-state index contributed by atoms with van der Waals surface area (Å²) in [4.78, 5) is 32.2. The fourth-order valence-corrected chi connectivity index (χ4v) is 1.05. The smallest absolute Gasteiger partial charge is 0.280 e. The molecule has 15 heavy (non-hydrogen) atoms. The number of carbonyl (C=O) groups is 2. The lowest BCUT2D eigenvalue weighted by atomic mass is 10.1. The van der Waals surface area contributed by atoms with Crippen molar-refractivity contribution in [2.24, 2.45) is 0 Å². The van der Waals surface area contributed by atoms with E-state index in [-0.39, 0.29) is 11.3 Å². The maximum atomic E-state index is 11.4. The Balaban J connectivity index is 3.25. The SMILES string of the molecule is C=CC(=O)C(=O)c1ccccc1[N+](=O)[O-]. The van der Waals surface area contributed by atoms with E-state index in [2.05, 4.69) is 6.58 Å². The van der Waals surface area contributed by atoms with E-state index in [1.54, 1.807) is 0 Å². The van der Waals surface area contributed by atoms with Gasteiger partial charge in [-0.05, 0) is 12.1 Å². The van der Waals surface area contributed by atoms with Crippen molar-refractivity contribution < 1.29 is 14.5 Å². The number of hydrogen-bond acceptors (Lipinski definition) is 4. The summed E-state index contributed by atoms with van der Waals surface area (Å²) in [5.74, 6) is -1.78. The van der Waals surface area contributed by atoms with Crippen LogP contribution in [0.25, 0.3) is 0 Å². The number of ketones is 2. The van der Waals surface area contributed by atoms with Crippen LogP contribution in [0.5, 0.6) is 0 Å². The summed E-state index contributed by atoms with van der Waals surface area (Å²) in [7, 11) is 0. The van der Waals surface area contributed by atoms with E-state index < -0.39 is 16.5 Å². The first-order valence-electron chi connectivity index (χ1n) is 4.02. The summed E-state index contributed by atoms with van der Waals surface area (Å²) in [6.45, 7) is 3.14. The predicted molar refractivity (Wildman–Crippen MR) is 52.6 cm³/mol. The molecule has 0 aliphatic heterocycles. The summed E-state index contributed by atoms with van der Waals surface area (Å²) in [6, 6.07) is 5.29. The number of Topliss-reactive ketones (excluding diaryl/α,β-unsaturated/α-hetero) is 1. The van der Waals surface area contributed by atoms with E-state index in [4.69, 9.17) is 0 Å². The van der Waals surface area contributed by atoms with Crippen LogP contribution in [0.4, 0.5) is 5.69 Å². The standard InChI is InChI=1S/C10H7NO4/c1-2-9(12)10(13)7-5-3-4-6-8(7)11(14)15/h2-6H,1H2. The van der Waals surface area contributed by atoms with Gasteiger partial charge in [-0.1, -0.05) is 18.7 Å². The average molecular weight is 205 g/mol. The van der Waals surface area contributed by atoms with Crippen LogP contribution in [0.3, 0.4) is 0 Å². The number of hydrogen-bond donors (Lipinski definition) is 0. The molecule has 0 spiro atoms. The van der Waals surface area contributed by atoms with E-state index in [9.17, 15) is 19.7 Å². The first-order valence-corrected chi connectivity index (χ1v) is 4.02. The quantitative estimate of drug-likeness (QED) is 0.245. The minimum Gasteiger partial charge on any atom is -0.286 e. The van der Waals surface area contributed by atoms with Gasteiger partial charge in [0.1, 0.15) is 5.56 Å². The van der Waals surface area contributed by atoms with E-state index in [0.29, 0.717) is 0 Å². The highest BCUT2D eigenvalue weighted by Crippen LogP contribution is 2.18. The maximum absolute atomic E-state index is 11.4. The summed E-state index contributed by atoms with van der Waals surface area (Å²) in [5, 5.41) is 10.6. The van der Waals surface area contributed by atoms with Gasteiger partial charge in [0.25, 0.3) is 5.69 Å². The van der Waals surface area contributed by atoms with Gasteiger partial charge in [0.05, 0.1) is 4.92 Å². The molecule has 0 aliphatic carbocycles. The van der Waals surface area contributed by atoms with E-state index >= 15 is 0 Å². The first-order chi connectivity index (χ1) is 7.07. The van der Waals surface area contributed by atoms with Crippen LogP contribution in [0.15, 0.2) is 36.9 Å². The Morgan fingerprint density at radius 2 is 1.93 bits per heavy atom. The highest BCUT2D eigenvalue weighted by molar-refractivity contribution is 6.48. The summed E-state index contributed by atoms with van der Waals surface area (Å²) in [5.41, 5.74) is -0.592. The largest absolute Gasteiger partial charge is 0.286 e. The van der Waals surface area contributed by atoms with E-state index in [1.807, 2.05) is 0 Å². The second-order valence-corrected chi connectivity index (χ2v) is 2.67. The van der Waals surface area contributed by atoms with E-state index in [0.717, 1.165) is 6.08 Å². The normalized spacial score (nSPS) is 9.33. The zero-order chi connectivity index (χ0) is 11.4. The molecule has 0 unspecified atom stereocenters. The van der Waals surface area contributed by atoms with Crippen LogP contribution in [0, 0.1) is 10.1 Å². The van der Waals surface area contributed by atoms with Crippen LogP contribution in [-0.4, -0.2) is 16.5 Å². The second kappa shape index (κ2) is 4.28. The lowest BCUT2D eigenvalue weighted by molar-refractivity contribution is -0.385. The number of nitrogens with zero attached hydrogens (tertiary/aromatic N) is 1. The van der Waals surface area contributed by atoms with Gasteiger partial charge in [-0.2, -0.15) is 0 Å². The van der Waals surface area contributed by atoms with Gasteiger partial charge < -0.3 is 0 Å². The van der Waals surface area contributed by atoms with Gasteiger partial charge in [-0.15, -0.1) is 0 Å². The van der Waals surface area contributed by atoms with Crippen molar-refractivity contribution in [3.8, 4) is 0 Å². The molecule has 0 aliphatic rings. The third kappa shape index (κ3) is 2.14. The molecule has 5 heteroatoms. The maximum Gasteiger partial charge on any atom is 0.280 e. The zero-order valence-corrected chi connectivity index (χ0v) is 7.67. The first kappa shape index (κ1) is 10.8. The average Bonchev–Trinajstić information content (AvgIpc) is 2.27. The van der Waals surface area contributed by atoms with Gasteiger partial charge >= 0.3 is 0 Å². The molecule has 0 radical (unpaired) electrons. The zero-order valence-electron chi connectivity index (χ0n) is 7.67. The number of carbonyl (C=O) groups excluding carboxylic acids is 2. The van der Waals surface area contributed by atoms with Crippen LogP contribution < -0.4 is 0 Å². The fourth-order valence-electron chi connectivity index (χ4n) is 1.05. The molecule has 1 rings (SSSR count). The third-order valence-electron chi connectivity index (χ3n) is 1.75. The van der Waals surface area contributed by atoms with Crippen LogP contribution in [0.1, 0.15) is 10.4 Å². The molecular formula is C10H7NO4. The van der Waals surface area contributed by atoms with E-state index in [1.165, 1.54) is 24.3 Å². The van der Waals surface area contributed by atoms with Gasteiger partial charge in [0, 0.05) is 6.07 Å². The number of para-hydroxylation sites is 1. The number of allylic oxidation sites excluding steroid dienone is 1. The molecule has 0 heterocycles. The third-order valence-corrected chi connectivity index (χ3v) is 1.75. The molecular weight excluding hydrogens is 198 g/mol. The Hall–Kier alpha value is -2.30. The second-order valence-electron chi connectivity index (χ2n) is 2.67. The molecule has 0 atom stereocenters. The Kier molecular flexibility index (Phi) is 3.07. The van der Waals surface area contributed by atoms with Crippen LogP contribution >= 0.6 is 0 Å². The van der Waals surface area contributed by atoms with Crippen molar-refractivity contribution in [3.63, 3.8) is 0 Å². The number of benzene rings is 1. The van der Waals surface area contributed by atoms with Crippen LogP contribution in [0.2, 0.25) is 0 Å². The lowest BCUT2D eigenvalue weighted by Crippen LogP contribution is -2.12. The fraction of sp³-hybridized carbons (Fsp3) is 0. The Morgan fingerprint density at radius 3 is 2.47 bits per heavy atom. The van der Waals surface area contributed by atoms with Gasteiger partial charge in [-0.25, -0.2) is 0 Å². The molecule has 1 aromatic rings. The molecule has 0 N–H and O–H groups in total. The number of rotatable bonds is 4. The predicted octanol–water partition coefficient (Wildman–Crippen LogP) is 1.53. The topological polar surface area (TPSA) is 77.3 Å². The number of nitro benzene ring substituents is 1. The molecule has 0 aromatic heterocycles. The van der Waals surface area contributed by atoms with Crippen molar-refractivity contribution in [2.45, 2.75) is 0 Å². The molecule has 76 valence electrons. The van der Waals surface area contributed by atoms with Crippen molar-refractivity contribution in [2.75, 3.05) is 0 Å². The molecule has 0 saturated carbocycles. The Bertz CT molecular complexity index is 450. The van der Waals surface area contributed by atoms with Crippen molar-refractivity contribution in [1.82, 2.24) is 0 Å². The molecule has 5 nitrogen and oxygen atoms in total. The Morgan fingerprint density at radius 1 is 1.33 bits per heavy atom. The molecule has 0 bridgehead atoms. The van der Waals surface area contributed by atoms with Gasteiger partial charge in [0.2, 0.25) is 11.6 Å². The minimum absolute atomic E-state index is 0.215. The minimum atomic E-state index is -0.919. The summed E-state index contributed by atoms with van der Waals surface area (Å²) >= 11 is 0. The summed E-state index contributed by atoms with van der Waals surface area (Å²) in [6.07, 6.45) is 0.832.